The van der Waals surface area contributed by atoms with Crippen molar-refractivity contribution in [3.8, 4) is 0 Å². The number of nitrogens with zero attached hydrogens (tertiary/aromatic N) is 3. The van der Waals surface area contributed by atoms with Gasteiger partial charge in [0.05, 0.1) is 11.7 Å². The number of fused-ring (bicyclic) bond motifs is 1. The van der Waals surface area contributed by atoms with E-state index >= 15 is 0 Å². The van der Waals surface area contributed by atoms with Crippen LogP contribution in [0, 0.1) is 0 Å². The highest BCUT2D eigenvalue weighted by Crippen LogP contribution is 2.23. The standard InChI is InChI=1S/C27H34N4O5/c1-26(2,3)35-24(33)29-21(15-18-11-9-8-10-12-18)23(32)30(7)20-13-14-22-19(16-20)17-28-31(22)25(34)36-27(4,5)6/h8-14,16-17,21H,15H2,1-7H3,(H,29,33). The molecule has 1 aromatic heterocycles. The minimum atomic E-state index is -0.854. The average Bonchev–Trinajstić information content (AvgIpc) is 3.19. The summed E-state index contributed by atoms with van der Waals surface area (Å²) in [6.45, 7) is 10.6. The summed E-state index contributed by atoms with van der Waals surface area (Å²) in [4.78, 5) is 40.0. The van der Waals surface area contributed by atoms with E-state index in [0.29, 0.717) is 23.0 Å². The highest BCUT2D eigenvalue weighted by molar-refractivity contribution is 6.00. The molecule has 0 saturated heterocycles. The molecular formula is C27H34N4O5. The van der Waals surface area contributed by atoms with Crippen LogP contribution in [0.25, 0.3) is 10.9 Å². The van der Waals surface area contributed by atoms with Gasteiger partial charge in [0.15, 0.2) is 0 Å². The lowest BCUT2D eigenvalue weighted by molar-refractivity contribution is -0.120. The number of rotatable bonds is 5. The molecule has 0 spiro atoms. The van der Waals surface area contributed by atoms with Crippen LogP contribution >= 0.6 is 0 Å². The second kappa shape index (κ2) is 10.4. The monoisotopic (exact) mass is 494 g/mol. The molecular weight excluding hydrogens is 460 g/mol. The zero-order valence-electron chi connectivity index (χ0n) is 21.9. The fourth-order valence-electron chi connectivity index (χ4n) is 3.54. The highest BCUT2D eigenvalue weighted by Gasteiger charge is 2.28. The topological polar surface area (TPSA) is 103 Å². The number of hydrogen-bond acceptors (Lipinski definition) is 6. The van der Waals surface area contributed by atoms with E-state index < -0.39 is 29.4 Å². The smallest absolute Gasteiger partial charge is 0.435 e. The number of ether oxygens (including phenoxy) is 2. The lowest BCUT2D eigenvalue weighted by Gasteiger charge is -2.27. The molecule has 1 heterocycles. The van der Waals surface area contributed by atoms with E-state index in [9.17, 15) is 14.4 Å². The minimum absolute atomic E-state index is 0.294. The van der Waals surface area contributed by atoms with Crippen LogP contribution in [-0.4, -0.2) is 52.2 Å². The molecule has 1 N–H and O–H groups in total. The van der Waals surface area contributed by atoms with Gasteiger partial charge in [0, 0.05) is 24.5 Å². The van der Waals surface area contributed by atoms with Gasteiger partial charge in [0.25, 0.3) is 0 Å². The van der Waals surface area contributed by atoms with Crippen molar-refractivity contribution >= 4 is 34.7 Å². The van der Waals surface area contributed by atoms with Gasteiger partial charge >= 0.3 is 12.2 Å². The van der Waals surface area contributed by atoms with Gasteiger partial charge in [0.1, 0.15) is 17.2 Å². The SMILES string of the molecule is CN(C(=O)C(Cc1ccccc1)NC(=O)OC(C)(C)C)c1ccc2c(cnn2C(=O)OC(C)(C)C)c1. The molecule has 0 aliphatic carbocycles. The number of nitrogens with one attached hydrogen (secondary N) is 1. The van der Waals surface area contributed by atoms with Gasteiger partial charge in [-0.05, 0) is 65.3 Å². The van der Waals surface area contributed by atoms with Crippen LogP contribution in [0.1, 0.15) is 47.1 Å². The first-order chi connectivity index (χ1) is 16.7. The Hall–Kier alpha value is -3.88. The quantitative estimate of drug-likeness (QED) is 0.540. The molecule has 1 atom stereocenters. The zero-order valence-corrected chi connectivity index (χ0v) is 21.9. The number of carbonyl (C=O) groups excluding carboxylic acids is 3. The lowest BCUT2D eigenvalue weighted by Crippen LogP contribution is -2.50. The van der Waals surface area contributed by atoms with Crippen molar-refractivity contribution in [3.05, 3.63) is 60.3 Å². The molecule has 3 aromatic rings. The van der Waals surface area contributed by atoms with Crippen molar-refractivity contribution < 1.29 is 23.9 Å². The first kappa shape index (κ1) is 26.7. The molecule has 9 nitrogen and oxygen atoms in total. The van der Waals surface area contributed by atoms with Crippen molar-refractivity contribution in [2.75, 3.05) is 11.9 Å². The Balaban J connectivity index is 1.84. The normalized spacial score (nSPS) is 12.6. The second-order valence-corrected chi connectivity index (χ2v) is 10.6. The molecule has 0 aliphatic heterocycles. The summed E-state index contributed by atoms with van der Waals surface area (Å²) in [6, 6.07) is 13.8. The first-order valence-electron chi connectivity index (χ1n) is 11.8. The van der Waals surface area contributed by atoms with E-state index in [1.807, 2.05) is 30.3 Å². The van der Waals surface area contributed by atoms with Crippen LogP contribution in [-0.2, 0) is 20.7 Å². The molecule has 3 rings (SSSR count). The summed E-state index contributed by atoms with van der Waals surface area (Å²) in [6.07, 6.45) is 0.585. The minimum Gasteiger partial charge on any atom is -0.444 e. The van der Waals surface area contributed by atoms with Crippen LogP contribution in [0.4, 0.5) is 15.3 Å². The van der Waals surface area contributed by atoms with Gasteiger partial charge in [-0.2, -0.15) is 9.78 Å². The predicted octanol–water partition coefficient (Wildman–Crippen LogP) is 4.92. The Bertz CT molecular complexity index is 1240. The van der Waals surface area contributed by atoms with Gasteiger partial charge in [-0.3, -0.25) is 4.79 Å². The van der Waals surface area contributed by atoms with Gasteiger partial charge in [-0.1, -0.05) is 30.3 Å². The first-order valence-corrected chi connectivity index (χ1v) is 11.8. The van der Waals surface area contributed by atoms with E-state index in [-0.39, 0.29) is 5.91 Å². The van der Waals surface area contributed by atoms with E-state index in [1.54, 1.807) is 73.0 Å². The third-order valence-electron chi connectivity index (χ3n) is 5.11. The van der Waals surface area contributed by atoms with Crippen molar-refractivity contribution in [2.45, 2.75) is 65.2 Å². The van der Waals surface area contributed by atoms with E-state index in [0.717, 1.165) is 5.56 Å². The van der Waals surface area contributed by atoms with Crippen molar-refractivity contribution in [3.63, 3.8) is 0 Å². The predicted molar refractivity (Wildman–Crippen MR) is 138 cm³/mol. The average molecular weight is 495 g/mol. The Morgan fingerprint density at radius 3 is 2.22 bits per heavy atom. The third kappa shape index (κ3) is 7.07. The highest BCUT2D eigenvalue weighted by atomic mass is 16.6. The summed E-state index contributed by atoms with van der Waals surface area (Å²) in [7, 11) is 1.64. The van der Waals surface area contributed by atoms with Crippen LogP contribution in [0.5, 0.6) is 0 Å². The summed E-state index contributed by atoms with van der Waals surface area (Å²) >= 11 is 0. The number of carbonyl (C=O) groups is 3. The molecule has 0 aliphatic rings. The van der Waals surface area contributed by atoms with Gasteiger partial charge in [-0.15, -0.1) is 0 Å². The molecule has 0 fully saturated rings. The zero-order chi connectivity index (χ0) is 26.7. The van der Waals surface area contributed by atoms with Gasteiger partial charge in [0.2, 0.25) is 5.91 Å². The maximum atomic E-state index is 13.5. The third-order valence-corrected chi connectivity index (χ3v) is 5.11. The summed E-state index contributed by atoms with van der Waals surface area (Å²) in [5, 5.41) is 7.54. The maximum absolute atomic E-state index is 13.5. The lowest BCUT2D eigenvalue weighted by atomic mass is 10.0. The molecule has 0 radical (unpaired) electrons. The number of hydrogen-bond donors (Lipinski definition) is 1. The van der Waals surface area contributed by atoms with E-state index in [4.69, 9.17) is 9.47 Å². The number of likely N-dealkylation sites (N-methyl/N-ethyl adjacent to an activating group) is 1. The molecule has 1 unspecified atom stereocenters. The Labute approximate surface area is 211 Å². The molecule has 36 heavy (non-hydrogen) atoms. The largest absolute Gasteiger partial charge is 0.444 e. The van der Waals surface area contributed by atoms with Crippen LogP contribution in [0.3, 0.4) is 0 Å². The van der Waals surface area contributed by atoms with E-state index in [2.05, 4.69) is 10.4 Å². The van der Waals surface area contributed by atoms with Gasteiger partial charge in [-0.25, -0.2) is 9.59 Å². The summed E-state index contributed by atoms with van der Waals surface area (Å²) in [5.74, 6) is -0.316. The number of aromatic nitrogens is 2. The molecule has 2 amide bonds. The fraction of sp³-hybridized carbons (Fsp3) is 0.407. The Morgan fingerprint density at radius 2 is 1.61 bits per heavy atom. The number of benzene rings is 2. The van der Waals surface area contributed by atoms with Crippen molar-refractivity contribution in [2.24, 2.45) is 0 Å². The molecule has 2 aromatic carbocycles. The fourth-order valence-corrected chi connectivity index (χ4v) is 3.54. The Morgan fingerprint density at radius 1 is 0.972 bits per heavy atom. The summed E-state index contributed by atoms with van der Waals surface area (Å²) < 4.78 is 12.0. The molecule has 0 saturated carbocycles. The summed E-state index contributed by atoms with van der Waals surface area (Å²) in [5.41, 5.74) is 0.684. The second-order valence-electron chi connectivity index (χ2n) is 10.6. The van der Waals surface area contributed by atoms with Crippen LogP contribution < -0.4 is 10.2 Å². The Kier molecular flexibility index (Phi) is 7.71. The van der Waals surface area contributed by atoms with Gasteiger partial charge < -0.3 is 19.7 Å². The number of amides is 2. The molecule has 0 bridgehead atoms. The molecule has 192 valence electrons. The molecule has 9 heteroatoms. The van der Waals surface area contributed by atoms with Crippen LogP contribution in [0.2, 0.25) is 0 Å². The van der Waals surface area contributed by atoms with Crippen molar-refractivity contribution in [1.29, 1.82) is 0 Å². The van der Waals surface area contributed by atoms with Crippen LogP contribution in [0.15, 0.2) is 54.7 Å². The van der Waals surface area contributed by atoms with Crippen molar-refractivity contribution in [1.82, 2.24) is 15.1 Å². The van der Waals surface area contributed by atoms with E-state index in [1.165, 1.54) is 9.58 Å². The maximum Gasteiger partial charge on any atom is 0.435 e. The number of alkyl carbamates (subject to hydrolysis) is 1. The number of anilines is 1.